The van der Waals surface area contributed by atoms with E-state index in [1.807, 2.05) is 31.2 Å². The van der Waals surface area contributed by atoms with Crippen molar-refractivity contribution in [3.8, 4) is 5.75 Å². The fraction of sp³-hybridized carbons (Fsp3) is 0.300. The molecule has 5 heteroatoms. The van der Waals surface area contributed by atoms with Crippen LogP contribution in [0.15, 0.2) is 48.5 Å². The predicted molar refractivity (Wildman–Crippen MR) is 97.1 cm³/mol. The van der Waals surface area contributed by atoms with Gasteiger partial charge in [-0.1, -0.05) is 26.0 Å². The summed E-state index contributed by atoms with van der Waals surface area (Å²) in [6.07, 6.45) is 0. The molecule has 2 aromatic rings. The van der Waals surface area contributed by atoms with E-state index in [9.17, 15) is 9.59 Å². The van der Waals surface area contributed by atoms with Gasteiger partial charge in [-0.2, -0.15) is 0 Å². The standard InChI is InChI=1S/C20H23NO4/c1-4-24-18-11-7-16(8-12-18)20(23)25-13-19(22)21-17-9-5-15(6-10-17)14(2)3/h5-12,14H,4,13H2,1-3H3,(H,21,22). The predicted octanol–water partition coefficient (Wildman–Crippen LogP) is 4.00. The molecule has 0 heterocycles. The number of carbonyl (C=O) groups is 2. The maximum atomic E-state index is 11.9. The number of anilines is 1. The number of hydrogen-bond acceptors (Lipinski definition) is 4. The van der Waals surface area contributed by atoms with Crippen LogP contribution in [0.2, 0.25) is 0 Å². The van der Waals surface area contributed by atoms with Gasteiger partial charge >= 0.3 is 5.97 Å². The van der Waals surface area contributed by atoms with Gasteiger partial charge in [-0.3, -0.25) is 4.79 Å². The second kappa shape index (κ2) is 8.87. The zero-order valence-electron chi connectivity index (χ0n) is 14.7. The van der Waals surface area contributed by atoms with Gasteiger partial charge in [0.2, 0.25) is 0 Å². The number of benzene rings is 2. The normalized spacial score (nSPS) is 10.4. The van der Waals surface area contributed by atoms with Gasteiger partial charge in [-0.15, -0.1) is 0 Å². The summed E-state index contributed by atoms with van der Waals surface area (Å²) in [5.41, 5.74) is 2.24. The average Bonchev–Trinajstić information content (AvgIpc) is 2.61. The van der Waals surface area contributed by atoms with E-state index < -0.39 is 5.97 Å². The van der Waals surface area contributed by atoms with Crippen LogP contribution >= 0.6 is 0 Å². The van der Waals surface area contributed by atoms with Crippen molar-refractivity contribution in [1.29, 1.82) is 0 Å². The molecular weight excluding hydrogens is 318 g/mol. The smallest absolute Gasteiger partial charge is 0.338 e. The maximum Gasteiger partial charge on any atom is 0.338 e. The van der Waals surface area contributed by atoms with Crippen LogP contribution in [0.25, 0.3) is 0 Å². The monoisotopic (exact) mass is 341 g/mol. The molecular formula is C20H23NO4. The minimum absolute atomic E-state index is 0.335. The summed E-state index contributed by atoms with van der Waals surface area (Å²) in [5, 5.41) is 2.70. The lowest BCUT2D eigenvalue weighted by Crippen LogP contribution is -2.20. The molecule has 0 spiro atoms. The topological polar surface area (TPSA) is 64.6 Å². The molecule has 0 unspecified atom stereocenters. The molecule has 0 aliphatic carbocycles. The van der Waals surface area contributed by atoms with Crippen LogP contribution in [0, 0.1) is 0 Å². The molecule has 2 rings (SSSR count). The van der Waals surface area contributed by atoms with Gasteiger partial charge in [0.05, 0.1) is 12.2 Å². The third-order valence-corrected chi connectivity index (χ3v) is 3.60. The van der Waals surface area contributed by atoms with Crippen LogP contribution in [0.1, 0.15) is 42.6 Å². The second-order valence-electron chi connectivity index (χ2n) is 5.86. The molecule has 0 aliphatic rings. The molecule has 1 N–H and O–H groups in total. The summed E-state index contributed by atoms with van der Waals surface area (Å²) in [4.78, 5) is 23.8. The van der Waals surface area contributed by atoms with Crippen molar-refractivity contribution < 1.29 is 19.1 Å². The highest BCUT2D eigenvalue weighted by Gasteiger charge is 2.11. The van der Waals surface area contributed by atoms with Crippen molar-refractivity contribution in [1.82, 2.24) is 0 Å². The number of carbonyl (C=O) groups excluding carboxylic acids is 2. The molecule has 0 fully saturated rings. The van der Waals surface area contributed by atoms with Crippen LogP contribution in [0.4, 0.5) is 5.69 Å². The Kier molecular flexibility index (Phi) is 6.57. The molecule has 0 bridgehead atoms. The van der Waals surface area contributed by atoms with Crippen molar-refractivity contribution in [2.45, 2.75) is 26.7 Å². The molecule has 1 amide bonds. The van der Waals surface area contributed by atoms with Gasteiger partial charge in [0, 0.05) is 5.69 Å². The third kappa shape index (κ3) is 5.64. The SMILES string of the molecule is CCOc1ccc(C(=O)OCC(=O)Nc2ccc(C(C)C)cc2)cc1. The first-order valence-electron chi connectivity index (χ1n) is 8.29. The zero-order chi connectivity index (χ0) is 18.2. The number of rotatable bonds is 7. The van der Waals surface area contributed by atoms with Gasteiger partial charge in [-0.25, -0.2) is 4.79 Å². The number of ether oxygens (including phenoxy) is 2. The summed E-state index contributed by atoms with van der Waals surface area (Å²) < 4.78 is 10.3. The first kappa shape index (κ1) is 18.5. The molecule has 0 aromatic heterocycles. The lowest BCUT2D eigenvalue weighted by Gasteiger charge is -2.09. The second-order valence-corrected chi connectivity index (χ2v) is 5.86. The van der Waals surface area contributed by atoms with E-state index in [0.717, 1.165) is 0 Å². The van der Waals surface area contributed by atoms with E-state index in [-0.39, 0.29) is 12.5 Å². The number of nitrogens with one attached hydrogen (secondary N) is 1. The Bertz CT molecular complexity index is 705. The summed E-state index contributed by atoms with van der Waals surface area (Å²) in [5.74, 6) is 0.186. The van der Waals surface area contributed by atoms with E-state index in [1.165, 1.54) is 5.56 Å². The summed E-state index contributed by atoms with van der Waals surface area (Å²) in [6.45, 7) is 6.32. The lowest BCUT2D eigenvalue weighted by atomic mass is 10.0. The van der Waals surface area contributed by atoms with Crippen LogP contribution in [0.3, 0.4) is 0 Å². The molecule has 0 radical (unpaired) electrons. The van der Waals surface area contributed by atoms with Gasteiger partial charge < -0.3 is 14.8 Å². The number of esters is 1. The van der Waals surface area contributed by atoms with Crippen molar-refractivity contribution in [3.63, 3.8) is 0 Å². The molecule has 132 valence electrons. The Balaban J connectivity index is 1.83. The van der Waals surface area contributed by atoms with Gasteiger partial charge in [0.25, 0.3) is 5.91 Å². The van der Waals surface area contributed by atoms with E-state index in [0.29, 0.717) is 29.5 Å². The van der Waals surface area contributed by atoms with E-state index >= 15 is 0 Å². The van der Waals surface area contributed by atoms with Gasteiger partial charge in [-0.05, 0) is 54.8 Å². The van der Waals surface area contributed by atoms with Gasteiger partial charge in [0.15, 0.2) is 6.61 Å². The molecule has 0 saturated carbocycles. The zero-order valence-corrected chi connectivity index (χ0v) is 14.7. The maximum absolute atomic E-state index is 11.9. The summed E-state index contributed by atoms with van der Waals surface area (Å²) in [6, 6.07) is 14.2. The van der Waals surface area contributed by atoms with Crippen molar-refractivity contribution in [3.05, 3.63) is 59.7 Å². The average molecular weight is 341 g/mol. The van der Waals surface area contributed by atoms with Crippen molar-refractivity contribution in [2.24, 2.45) is 0 Å². The Morgan fingerprint density at radius 3 is 2.20 bits per heavy atom. The highest BCUT2D eigenvalue weighted by molar-refractivity contribution is 5.95. The highest BCUT2D eigenvalue weighted by Crippen LogP contribution is 2.17. The van der Waals surface area contributed by atoms with Crippen LogP contribution in [-0.2, 0) is 9.53 Å². The minimum Gasteiger partial charge on any atom is -0.494 e. The van der Waals surface area contributed by atoms with E-state index in [1.54, 1.807) is 24.3 Å². The number of amides is 1. The Morgan fingerprint density at radius 2 is 1.64 bits per heavy atom. The first-order chi connectivity index (χ1) is 12.0. The molecule has 5 nitrogen and oxygen atoms in total. The third-order valence-electron chi connectivity index (χ3n) is 3.60. The Morgan fingerprint density at radius 1 is 1.00 bits per heavy atom. The molecule has 0 saturated heterocycles. The van der Waals surface area contributed by atoms with Crippen molar-refractivity contribution >= 4 is 17.6 Å². The molecule has 2 aromatic carbocycles. The first-order valence-corrected chi connectivity index (χ1v) is 8.29. The van der Waals surface area contributed by atoms with E-state index in [4.69, 9.17) is 9.47 Å². The highest BCUT2D eigenvalue weighted by atomic mass is 16.5. The summed E-state index contributed by atoms with van der Waals surface area (Å²) in [7, 11) is 0. The fourth-order valence-corrected chi connectivity index (χ4v) is 2.22. The largest absolute Gasteiger partial charge is 0.494 e. The van der Waals surface area contributed by atoms with Gasteiger partial charge in [0.1, 0.15) is 5.75 Å². The minimum atomic E-state index is -0.548. The molecule has 25 heavy (non-hydrogen) atoms. The Hall–Kier alpha value is -2.82. The van der Waals surface area contributed by atoms with Crippen molar-refractivity contribution in [2.75, 3.05) is 18.5 Å². The van der Waals surface area contributed by atoms with Crippen LogP contribution in [0.5, 0.6) is 5.75 Å². The quantitative estimate of drug-likeness (QED) is 0.773. The number of hydrogen-bond donors (Lipinski definition) is 1. The Labute approximate surface area is 148 Å². The molecule has 0 atom stereocenters. The van der Waals surface area contributed by atoms with E-state index in [2.05, 4.69) is 19.2 Å². The molecule has 0 aliphatic heterocycles. The fourth-order valence-electron chi connectivity index (χ4n) is 2.22. The summed E-state index contributed by atoms with van der Waals surface area (Å²) >= 11 is 0. The van der Waals surface area contributed by atoms with Crippen LogP contribution < -0.4 is 10.1 Å². The van der Waals surface area contributed by atoms with Crippen LogP contribution in [-0.4, -0.2) is 25.1 Å². The lowest BCUT2D eigenvalue weighted by molar-refractivity contribution is -0.119.